The summed E-state index contributed by atoms with van der Waals surface area (Å²) < 4.78 is 13.4. The molecule has 0 radical (unpaired) electrons. The van der Waals surface area contributed by atoms with Crippen LogP contribution in [0.25, 0.3) is 0 Å². The van der Waals surface area contributed by atoms with Gasteiger partial charge < -0.3 is 15.3 Å². The largest absolute Gasteiger partial charge is 0.480 e. The third-order valence-electron chi connectivity index (χ3n) is 3.99. The minimum atomic E-state index is -0.994. The third kappa shape index (κ3) is 3.10. The maximum atomic E-state index is 13.4. The molecule has 0 aromatic heterocycles. The highest BCUT2D eigenvalue weighted by Crippen LogP contribution is 2.28. The Morgan fingerprint density at radius 1 is 1.40 bits per heavy atom. The molecule has 5 heteroatoms. The molecular formula is C15H21FN2O2. The van der Waals surface area contributed by atoms with Crippen LogP contribution in [0.4, 0.5) is 10.1 Å². The zero-order chi connectivity index (χ0) is 14.8. The highest BCUT2D eigenvalue weighted by molar-refractivity contribution is 5.83. The van der Waals surface area contributed by atoms with Crippen molar-refractivity contribution in [2.75, 3.05) is 25.0 Å². The molecule has 0 aliphatic carbocycles. The van der Waals surface area contributed by atoms with Gasteiger partial charge in [-0.15, -0.1) is 0 Å². The Morgan fingerprint density at radius 2 is 2.05 bits per heavy atom. The molecular weight excluding hydrogens is 259 g/mol. The summed E-state index contributed by atoms with van der Waals surface area (Å²) >= 11 is 0. The summed E-state index contributed by atoms with van der Waals surface area (Å²) in [7, 11) is 0. The Morgan fingerprint density at radius 3 is 2.55 bits per heavy atom. The molecule has 1 saturated heterocycles. The van der Waals surface area contributed by atoms with E-state index in [0.29, 0.717) is 18.5 Å². The maximum absolute atomic E-state index is 13.4. The number of benzene rings is 1. The minimum Gasteiger partial charge on any atom is -0.480 e. The number of nitrogens with one attached hydrogen (secondary N) is 1. The number of rotatable bonds is 4. The lowest BCUT2D eigenvalue weighted by Gasteiger charge is -2.39. The molecule has 0 atom stereocenters. The number of hydrogen-bond acceptors (Lipinski definition) is 3. The summed E-state index contributed by atoms with van der Waals surface area (Å²) in [6, 6.07) is 4.56. The molecule has 2 N–H and O–H groups in total. The van der Waals surface area contributed by atoms with Crippen LogP contribution in [0.2, 0.25) is 0 Å². The van der Waals surface area contributed by atoms with Crippen molar-refractivity contribution < 1.29 is 14.3 Å². The number of carboxylic acids is 1. The molecule has 0 amide bonds. The predicted octanol–water partition coefficient (Wildman–Crippen LogP) is 2.49. The first-order valence-electron chi connectivity index (χ1n) is 6.96. The standard InChI is InChI=1S/C15H21FN2O2/c1-3-18-6-4-15(5-7-18,14(19)20)17-13-9-11(2)8-12(16)10-13/h8-10,17H,3-7H2,1-2H3,(H,19,20). The van der Waals surface area contributed by atoms with Gasteiger partial charge in [-0.2, -0.15) is 0 Å². The Labute approximate surface area is 118 Å². The second-order valence-electron chi connectivity index (χ2n) is 5.46. The van der Waals surface area contributed by atoms with Crippen LogP contribution in [0.5, 0.6) is 0 Å². The Balaban J connectivity index is 2.20. The lowest BCUT2D eigenvalue weighted by atomic mass is 9.87. The predicted molar refractivity (Wildman–Crippen MR) is 76.5 cm³/mol. The normalized spacial score (nSPS) is 18.8. The SMILES string of the molecule is CCN1CCC(Nc2cc(C)cc(F)c2)(C(=O)O)CC1. The van der Waals surface area contributed by atoms with Gasteiger partial charge >= 0.3 is 5.97 Å². The number of anilines is 1. The van der Waals surface area contributed by atoms with Gasteiger partial charge in [0.05, 0.1) is 0 Å². The highest BCUT2D eigenvalue weighted by Gasteiger charge is 2.41. The van der Waals surface area contributed by atoms with Crippen molar-refractivity contribution >= 4 is 11.7 Å². The molecule has 20 heavy (non-hydrogen) atoms. The molecule has 1 aliphatic rings. The van der Waals surface area contributed by atoms with E-state index in [2.05, 4.69) is 17.1 Å². The first kappa shape index (κ1) is 14.8. The summed E-state index contributed by atoms with van der Waals surface area (Å²) in [4.78, 5) is 13.9. The lowest BCUT2D eigenvalue weighted by molar-refractivity contribution is -0.144. The first-order chi connectivity index (χ1) is 9.45. The molecule has 2 rings (SSSR count). The topological polar surface area (TPSA) is 52.6 Å². The second-order valence-corrected chi connectivity index (χ2v) is 5.46. The van der Waals surface area contributed by atoms with Gasteiger partial charge in [-0.1, -0.05) is 6.92 Å². The minimum absolute atomic E-state index is 0.348. The van der Waals surface area contributed by atoms with Crippen LogP contribution < -0.4 is 5.32 Å². The van der Waals surface area contributed by atoms with Crippen molar-refractivity contribution in [3.05, 3.63) is 29.6 Å². The molecule has 0 unspecified atom stereocenters. The average molecular weight is 280 g/mol. The molecule has 1 fully saturated rings. The van der Waals surface area contributed by atoms with Crippen molar-refractivity contribution in [2.24, 2.45) is 0 Å². The average Bonchev–Trinajstić information content (AvgIpc) is 2.38. The smallest absolute Gasteiger partial charge is 0.329 e. The Bertz CT molecular complexity index is 476. The fourth-order valence-electron chi connectivity index (χ4n) is 2.73. The van der Waals surface area contributed by atoms with E-state index in [4.69, 9.17) is 0 Å². The number of hydrogen-bond donors (Lipinski definition) is 2. The van der Waals surface area contributed by atoms with E-state index >= 15 is 0 Å². The number of aliphatic carboxylic acids is 1. The molecule has 1 aliphatic heterocycles. The number of carboxylic acid groups (broad SMARTS) is 1. The van der Waals surface area contributed by atoms with Crippen LogP contribution in [0.15, 0.2) is 18.2 Å². The van der Waals surface area contributed by atoms with E-state index in [0.717, 1.165) is 25.2 Å². The quantitative estimate of drug-likeness (QED) is 0.889. The number of piperidine rings is 1. The number of carbonyl (C=O) groups is 1. The van der Waals surface area contributed by atoms with E-state index < -0.39 is 11.5 Å². The van der Waals surface area contributed by atoms with Crippen molar-refractivity contribution in [3.8, 4) is 0 Å². The highest BCUT2D eigenvalue weighted by atomic mass is 19.1. The summed E-state index contributed by atoms with van der Waals surface area (Å²) in [6.45, 7) is 6.27. The summed E-state index contributed by atoms with van der Waals surface area (Å²) in [6.07, 6.45) is 1.04. The van der Waals surface area contributed by atoms with Crippen LogP contribution in [0.3, 0.4) is 0 Å². The van der Waals surface area contributed by atoms with Gasteiger partial charge in [0.1, 0.15) is 11.4 Å². The van der Waals surface area contributed by atoms with Gasteiger partial charge in [0.25, 0.3) is 0 Å². The molecule has 0 saturated carbocycles. The molecule has 110 valence electrons. The zero-order valence-corrected chi connectivity index (χ0v) is 11.9. The van der Waals surface area contributed by atoms with E-state index in [-0.39, 0.29) is 5.82 Å². The lowest BCUT2D eigenvalue weighted by Crippen LogP contribution is -2.54. The number of likely N-dealkylation sites (tertiary alicyclic amines) is 1. The van der Waals surface area contributed by atoms with Crippen molar-refractivity contribution in [1.29, 1.82) is 0 Å². The summed E-state index contributed by atoms with van der Waals surface area (Å²) in [5.41, 5.74) is 0.320. The molecule has 1 heterocycles. The van der Waals surface area contributed by atoms with E-state index in [1.54, 1.807) is 13.0 Å². The van der Waals surface area contributed by atoms with Gasteiger partial charge in [-0.25, -0.2) is 9.18 Å². The molecule has 1 aromatic rings. The second kappa shape index (κ2) is 5.79. The van der Waals surface area contributed by atoms with Crippen LogP contribution in [-0.4, -0.2) is 41.1 Å². The fraction of sp³-hybridized carbons (Fsp3) is 0.533. The van der Waals surface area contributed by atoms with Gasteiger partial charge in [-0.3, -0.25) is 0 Å². The van der Waals surface area contributed by atoms with Gasteiger partial charge in [0, 0.05) is 18.8 Å². The molecule has 0 spiro atoms. The van der Waals surface area contributed by atoms with Crippen LogP contribution in [0.1, 0.15) is 25.3 Å². The number of halogens is 1. The van der Waals surface area contributed by atoms with Crippen molar-refractivity contribution in [2.45, 2.75) is 32.2 Å². The third-order valence-corrected chi connectivity index (χ3v) is 3.99. The monoisotopic (exact) mass is 280 g/mol. The van der Waals surface area contributed by atoms with Crippen LogP contribution >= 0.6 is 0 Å². The number of aryl methyl sites for hydroxylation is 1. The Kier molecular flexibility index (Phi) is 4.28. The maximum Gasteiger partial charge on any atom is 0.329 e. The number of nitrogens with zero attached hydrogens (tertiary/aromatic N) is 1. The van der Waals surface area contributed by atoms with E-state index in [9.17, 15) is 14.3 Å². The van der Waals surface area contributed by atoms with Crippen molar-refractivity contribution in [1.82, 2.24) is 4.90 Å². The summed E-state index contributed by atoms with van der Waals surface area (Å²) in [5, 5.41) is 12.6. The Hall–Kier alpha value is -1.62. The zero-order valence-electron chi connectivity index (χ0n) is 11.9. The molecule has 4 nitrogen and oxygen atoms in total. The summed E-state index contributed by atoms with van der Waals surface area (Å²) in [5.74, 6) is -1.21. The van der Waals surface area contributed by atoms with Gasteiger partial charge in [-0.05, 0) is 50.1 Å². The first-order valence-corrected chi connectivity index (χ1v) is 6.96. The van der Waals surface area contributed by atoms with E-state index in [1.807, 2.05) is 0 Å². The van der Waals surface area contributed by atoms with Gasteiger partial charge in [0.2, 0.25) is 0 Å². The molecule has 1 aromatic carbocycles. The molecule has 0 bridgehead atoms. The fourth-order valence-corrected chi connectivity index (χ4v) is 2.73. The van der Waals surface area contributed by atoms with Gasteiger partial charge in [0.15, 0.2) is 0 Å². The van der Waals surface area contributed by atoms with Crippen LogP contribution in [-0.2, 0) is 4.79 Å². The van der Waals surface area contributed by atoms with Crippen molar-refractivity contribution in [3.63, 3.8) is 0 Å². The van der Waals surface area contributed by atoms with Crippen LogP contribution in [0, 0.1) is 12.7 Å². The van der Waals surface area contributed by atoms with E-state index in [1.165, 1.54) is 12.1 Å².